The highest BCUT2D eigenvalue weighted by Gasteiger charge is 2.18. The van der Waals surface area contributed by atoms with Crippen molar-refractivity contribution in [2.45, 2.75) is 51.5 Å². The van der Waals surface area contributed by atoms with Crippen LogP contribution in [0, 0.1) is 6.92 Å². The monoisotopic (exact) mass is 385 g/mol. The Morgan fingerprint density at radius 1 is 1.04 bits per heavy atom. The molecule has 2 aromatic rings. The zero-order valence-corrected chi connectivity index (χ0v) is 16.2. The summed E-state index contributed by atoms with van der Waals surface area (Å²) in [5, 5.41) is 6.45. The lowest BCUT2D eigenvalue weighted by Gasteiger charge is -2.16. The molecule has 0 spiro atoms. The minimum atomic E-state index is -0.300. The molecule has 0 radical (unpaired) electrons. The number of nitrogens with zero attached hydrogens (tertiary/aromatic N) is 1. The van der Waals surface area contributed by atoms with E-state index in [-0.39, 0.29) is 23.6 Å². The first kappa shape index (κ1) is 19.4. The Hall–Kier alpha value is -2.40. The van der Waals surface area contributed by atoms with Gasteiger partial charge in [0.25, 0.3) is 11.8 Å². The molecule has 1 aliphatic carbocycles. The standard InChI is InChI=1S/C21H24ClN3O2/c1-14-8-9-16(22)13-18(14)25-20(26)15-10-11-23-19(12-15)21(27)24-17-6-4-2-3-5-7-17/h8-13,17H,2-7H2,1H3,(H,24,27)(H,25,26). The summed E-state index contributed by atoms with van der Waals surface area (Å²) in [6.45, 7) is 1.89. The molecule has 27 heavy (non-hydrogen) atoms. The van der Waals surface area contributed by atoms with Crippen LogP contribution in [0.1, 0.15) is 64.9 Å². The number of anilines is 1. The molecular formula is C21H24ClN3O2. The molecule has 0 unspecified atom stereocenters. The van der Waals surface area contributed by atoms with Crippen molar-refractivity contribution in [2.75, 3.05) is 5.32 Å². The predicted molar refractivity (Wildman–Crippen MR) is 107 cm³/mol. The summed E-state index contributed by atoms with van der Waals surface area (Å²) in [4.78, 5) is 29.2. The summed E-state index contributed by atoms with van der Waals surface area (Å²) in [6, 6.07) is 8.63. The minimum Gasteiger partial charge on any atom is -0.348 e. The number of amides is 2. The van der Waals surface area contributed by atoms with Crippen LogP contribution in [0.3, 0.4) is 0 Å². The van der Waals surface area contributed by atoms with Gasteiger partial charge in [0, 0.05) is 28.5 Å². The van der Waals surface area contributed by atoms with Gasteiger partial charge in [0.1, 0.15) is 5.69 Å². The van der Waals surface area contributed by atoms with Crippen LogP contribution in [-0.2, 0) is 0 Å². The van der Waals surface area contributed by atoms with Crippen LogP contribution < -0.4 is 10.6 Å². The Morgan fingerprint density at radius 2 is 1.78 bits per heavy atom. The van der Waals surface area contributed by atoms with Gasteiger partial charge in [0.15, 0.2) is 0 Å². The maximum Gasteiger partial charge on any atom is 0.270 e. The van der Waals surface area contributed by atoms with Gasteiger partial charge in [-0.2, -0.15) is 0 Å². The fourth-order valence-electron chi connectivity index (χ4n) is 3.30. The number of aromatic nitrogens is 1. The molecule has 2 amide bonds. The van der Waals surface area contributed by atoms with E-state index < -0.39 is 0 Å². The van der Waals surface area contributed by atoms with Gasteiger partial charge in [-0.05, 0) is 49.6 Å². The highest BCUT2D eigenvalue weighted by atomic mass is 35.5. The van der Waals surface area contributed by atoms with E-state index in [0.717, 1.165) is 31.2 Å². The molecule has 1 heterocycles. The van der Waals surface area contributed by atoms with Crippen molar-refractivity contribution >= 4 is 29.1 Å². The molecule has 142 valence electrons. The van der Waals surface area contributed by atoms with Crippen LogP contribution in [0.15, 0.2) is 36.5 Å². The van der Waals surface area contributed by atoms with Gasteiger partial charge in [-0.3, -0.25) is 14.6 Å². The third-order valence-corrected chi connectivity index (χ3v) is 5.13. The first-order chi connectivity index (χ1) is 13.0. The molecule has 5 nitrogen and oxygen atoms in total. The van der Waals surface area contributed by atoms with Crippen molar-refractivity contribution in [1.82, 2.24) is 10.3 Å². The average Bonchev–Trinajstić information content (AvgIpc) is 2.93. The van der Waals surface area contributed by atoms with Gasteiger partial charge < -0.3 is 10.6 Å². The lowest BCUT2D eigenvalue weighted by Crippen LogP contribution is -2.35. The summed E-state index contributed by atoms with van der Waals surface area (Å²) in [7, 11) is 0. The molecule has 3 rings (SSSR count). The molecule has 1 fully saturated rings. The van der Waals surface area contributed by atoms with Crippen LogP contribution in [-0.4, -0.2) is 22.8 Å². The fraction of sp³-hybridized carbons (Fsp3) is 0.381. The predicted octanol–water partition coefficient (Wildman–Crippen LogP) is 4.75. The lowest BCUT2D eigenvalue weighted by atomic mass is 10.1. The summed E-state index contributed by atoms with van der Waals surface area (Å²) < 4.78 is 0. The second-order valence-corrected chi connectivity index (χ2v) is 7.44. The SMILES string of the molecule is Cc1ccc(Cl)cc1NC(=O)c1ccnc(C(=O)NC2CCCCCC2)c1. The number of rotatable bonds is 4. The Kier molecular flexibility index (Phi) is 6.45. The first-order valence-corrected chi connectivity index (χ1v) is 9.75. The second-order valence-electron chi connectivity index (χ2n) is 7.01. The molecule has 0 aliphatic heterocycles. The average molecular weight is 386 g/mol. The van der Waals surface area contributed by atoms with E-state index in [0.29, 0.717) is 16.3 Å². The largest absolute Gasteiger partial charge is 0.348 e. The third-order valence-electron chi connectivity index (χ3n) is 4.89. The molecule has 0 saturated heterocycles. The van der Waals surface area contributed by atoms with Crippen LogP contribution in [0.25, 0.3) is 0 Å². The summed E-state index contributed by atoms with van der Waals surface area (Å²) >= 11 is 6.00. The highest BCUT2D eigenvalue weighted by Crippen LogP contribution is 2.21. The van der Waals surface area contributed by atoms with Gasteiger partial charge in [-0.15, -0.1) is 0 Å². The van der Waals surface area contributed by atoms with Crippen LogP contribution in [0.2, 0.25) is 5.02 Å². The molecule has 1 saturated carbocycles. The van der Waals surface area contributed by atoms with Crippen LogP contribution in [0.5, 0.6) is 0 Å². The van der Waals surface area contributed by atoms with Gasteiger partial charge in [0.2, 0.25) is 0 Å². The molecule has 0 bridgehead atoms. The Labute approximate surface area is 164 Å². The Morgan fingerprint density at radius 3 is 2.52 bits per heavy atom. The number of carbonyl (C=O) groups excluding carboxylic acids is 2. The van der Waals surface area contributed by atoms with E-state index in [1.54, 1.807) is 18.2 Å². The van der Waals surface area contributed by atoms with Crippen molar-refractivity contribution in [2.24, 2.45) is 0 Å². The number of benzene rings is 1. The quantitative estimate of drug-likeness (QED) is 0.746. The third kappa shape index (κ3) is 5.30. The van der Waals surface area contributed by atoms with Gasteiger partial charge in [0.05, 0.1) is 0 Å². The molecule has 6 heteroatoms. The molecular weight excluding hydrogens is 362 g/mol. The Balaban J connectivity index is 1.69. The normalized spacial score (nSPS) is 15.0. The van der Waals surface area contributed by atoms with E-state index >= 15 is 0 Å². The van der Waals surface area contributed by atoms with Crippen molar-refractivity contribution < 1.29 is 9.59 Å². The van der Waals surface area contributed by atoms with Crippen LogP contribution >= 0.6 is 11.6 Å². The zero-order valence-electron chi connectivity index (χ0n) is 15.4. The second kappa shape index (κ2) is 9.00. The van der Waals surface area contributed by atoms with Crippen LogP contribution in [0.4, 0.5) is 5.69 Å². The summed E-state index contributed by atoms with van der Waals surface area (Å²) in [6.07, 6.45) is 8.22. The summed E-state index contributed by atoms with van der Waals surface area (Å²) in [5.41, 5.74) is 2.20. The van der Waals surface area contributed by atoms with E-state index in [1.807, 2.05) is 13.0 Å². The molecule has 2 N–H and O–H groups in total. The van der Waals surface area contributed by atoms with E-state index in [1.165, 1.54) is 25.1 Å². The number of hydrogen-bond acceptors (Lipinski definition) is 3. The highest BCUT2D eigenvalue weighted by molar-refractivity contribution is 6.31. The Bertz CT molecular complexity index is 830. The van der Waals surface area contributed by atoms with E-state index in [4.69, 9.17) is 11.6 Å². The van der Waals surface area contributed by atoms with Crippen molar-refractivity contribution in [3.8, 4) is 0 Å². The van der Waals surface area contributed by atoms with Crippen molar-refractivity contribution in [3.63, 3.8) is 0 Å². The maximum atomic E-state index is 12.6. The van der Waals surface area contributed by atoms with Gasteiger partial charge >= 0.3 is 0 Å². The fourth-order valence-corrected chi connectivity index (χ4v) is 3.47. The molecule has 0 atom stereocenters. The number of aryl methyl sites for hydroxylation is 1. The molecule has 1 aliphatic rings. The number of carbonyl (C=O) groups is 2. The lowest BCUT2D eigenvalue weighted by molar-refractivity contribution is 0.0928. The maximum absolute atomic E-state index is 12.6. The molecule has 1 aromatic heterocycles. The first-order valence-electron chi connectivity index (χ1n) is 9.37. The number of hydrogen-bond donors (Lipinski definition) is 2. The summed E-state index contributed by atoms with van der Waals surface area (Å²) in [5.74, 6) is -0.526. The van der Waals surface area contributed by atoms with Gasteiger partial charge in [-0.1, -0.05) is 43.4 Å². The number of nitrogens with one attached hydrogen (secondary N) is 2. The van der Waals surface area contributed by atoms with E-state index in [9.17, 15) is 9.59 Å². The van der Waals surface area contributed by atoms with Crippen molar-refractivity contribution in [1.29, 1.82) is 0 Å². The van der Waals surface area contributed by atoms with Crippen molar-refractivity contribution in [3.05, 3.63) is 58.4 Å². The topological polar surface area (TPSA) is 71.1 Å². The minimum absolute atomic E-state index is 0.188. The molecule has 1 aromatic carbocycles. The number of halogens is 1. The van der Waals surface area contributed by atoms with E-state index in [2.05, 4.69) is 15.6 Å². The zero-order chi connectivity index (χ0) is 19.2. The van der Waals surface area contributed by atoms with Gasteiger partial charge in [-0.25, -0.2) is 0 Å². The smallest absolute Gasteiger partial charge is 0.270 e. The number of pyridine rings is 1.